The molecule has 0 aliphatic carbocycles. The fourth-order valence-electron chi connectivity index (χ4n) is 3.06. The van der Waals surface area contributed by atoms with Crippen molar-refractivity contribution in [3.8, 4) is 11.5 Å². The Balaban J connectivity index is 1.78. The first kappa shape index (κ1) is 17.0. The summed E-state index contributed by atoms with van der Waals surface area (Å²) < 4.78 is 11.8. The number of aryl methyl sites for hydroxylation is 1. The van der Waals surface area contributed by atoms with Gasteiger partial charge in [0.15, 0.2) is 0 Å². The van der Waals surface area contributed by atoms with Crippen LogP contribution in [0.15, 0.2) is 35.1 Å². The molecule has 0 spiro atoms. The molecule has 0 bridgehead atoms. The van der Waals surface area contributed by atoms with Crippen molar-refractivity contribution in [3.05, 3.63) is 51.9 Å². The monoisotopic (exact) mass is 343 g/mol. The van der Waals surface area contributed by atoms with Crippen molar-refractivity contribution in [3.63, 3.8) is 0 Å². The van der Waals surface area contributed by atoms with Crippen LogP contribution in [0.5, 0.6) is 11.5 Å². The van der Waals surface area contributed by atoms with Crippen LogP contribution in [0.3, 0.4) is 0 Å². The van der Waals surface area contributed by atoms with E-state index in [4.69, 9.17) is 9.47 Å². The summed E-state index contributed by atoms with van der Waals surface area (Å²) in [6, 6.07) is 8.63. The molecular formula is C18H21N3O4. The van der Waals surface area contributed by atoms with Crippen LogP contribution < -0.4 is 15.0 Å². The second kappa shape index (κ2) is 6.96. The average molecular weight is 343 g/mol. The minimum atomic E-state index is -0.237. The number of hydrogen-bond acceptors (Lipinski definition) is 5. The van der Waals surface area contributed by atoms with E-state index in [1.54, 1.807) is 19.1 Å². The molecule has 1 aromatic carbocycles. The van der Waals surface area contributed by atoms with E-state index in [0.29, 0.717) is 13.1 Å². The molecule has 1 amide bonds. The van der Waals surface area contributed by atoms with Crippen molar-refractivity contribution in [2.45, 2.75) is 12.3 Å². The number of carbonyl (C=O) groups is 1. The van der Waals surface area contributed by atoms with E-state index in [-0.39, 0.29) is 23.1 Å². The lowest BCUT2D eigenvalue weighted by Gasteiger charge is -2.17. The number of amides is 1. The fourth-order valence-corrected chi connectivity index (χ4v) is 3.06. The number of ether oxygens (including phenoxy) is 2. The number of benzene rings is 1. The topological polar surface area (TPSA) is 73.7 Å². The van der Waals surface area contributed by atoms with Gasteiger partial charge >= 0.3 is 0 Å². The van der Waals surface area contributed by atoms with Gasteiger partial charge in [-0.15, -0.1) is 0 Å². The summed E-state index contributed by atoms with van der Waals surface area (Å²) in [5.41, 5.74) is 1.13. The highest BCUT2D eigenvalue weighted by atomic mass is 16.5. The van der Waals surface area contributed by atoms with E-state index in [9.17, 15) is 9.59 Å². The van der Waals surface area contributed by atoms with E-state index in [0.717, 1.165) is 23.5 Å². The zero-order valence-corrected chi connectivity index (χ0v) is 14.6. The number of hydrogen-bond donors (Lipinski definition) is 0. The molecule has 0 N–H and O–H groups in total. The molecule has 1 atom stereocenters. The second-order valence-corrected chi connectivity index (χ2v) is 6.06. The predicted octanol–water partition coefficient (Wildman–Crippen LogP) is 1.43. The number of likely N-dealkylation sites (tertiary alicyclic amines) is 1. The van der Waals surface area contributed by atoms with E-state index < -0.39 is 0 Å². The van der Waals surface area contributed by atoms with Gasteiger partial charge in [0.2, 0.25) is 0 Å². The van der Waals surface area contributed by atoms with Crippen molar-refractivity contribution in [2.24, 2.45) is 7.05 Å². The second-order valence-electron chi connectivity index (χ2n) is 6.06. The number of aromatic nitrogens is 2. The summed E-state index contributed by atoms with van der Waals surface area (Å²) in [5, 5.41) is 4.04. The van der Waals surface area contributed by atoms with E-state index >= 15 is 0 Å². The van der Waals surface area contributed by atoms with E-state index in [1.165, 1.54) is 23.9 Å². The van der Waals surface area contributed by atoms with Gasteiger partial charge in [0, 0.05) is 38.2 Å². The van der Waals surface area contributed by atoms with Crippen molar-refractivity contribution in [1.29, 1.82) is 0 Å². The maximum absolute atomic E-state index is 12.6. The first-order valence-corrected chi connectivity index (χ1v) is 8.08. The molecule has 0 radical (unpaired) electrons. The quantitative estimate of drug-likeness (QED) is 0.840. The maximum atomic E-state index is 12.6. The Morgan fingerprint density at radius 2 is 1.84 bits per heavy atom. The predicted molar refractivity (Wildman–Crippen MR) is 92.3 cm³/mol. The summed E-state index contributed by atoms with van der Waals surface area (Å²) in [7, 11) is 4.77. The van der Waals surface area contributed by atoms with Gasteiger partial charge in [0.05, 0.1) is 14.2 Å². The van der Waals surface area contributed by atoms with Crippen molar-refractivity contribution >= 4 is 5.91 Å². The molecule has 7 heteroatoms. The van der Waals surface area contributed by atoms with Crippen molar-refractivity contribution in [1.82, 2.24) is 14.7 Å². The lowest BCUT2D eigenvalue weighted by Crippen LogP contribution is -2.31. The van der Waals surface area contributed by atoms with Crippen molar-refractivity contribution < 1.29 is 14.3 Å². The van der Waals surface area contributed by atoms with Crippen LogP contribution in [-0.4, -0.2) is 47.9 Å². The number of nitrogens with zero attached hydrogens (tertiary/aromatic N) is 3. The summed E-state index contributed by atoms with van der Waals surface area (Å²) in [4.78, 5) is 25.8. The normalized spacial score (nSPS) is 16.8. The lowest BCUT2D eigenvalue weighted by atomic mass is 9.98. The molecule has 2 heterocycles. The highest BCUT2D eigenvalue weighted by Crippen LogP contribution is 2.33. The summed E-state index contributed by atoms with van der Waals surface area (Å²) >= 11 is 0. The molecule has 1 aliphatic rings. The van der Waals surface area contributed by atoms with Crippen LogP contribution in [0.25, 0.3) is 0 Å². The van der Waals surface area contributed by atoms with E-state index in [2.05, 4.69) is 5.10 Å². The number of rotatable bonds is 4. The van der Waals surface area contributed by atoms with Gasteiger partial charge in [-0.2, -0.15) is 5.10 Å². The Morgan fingerprint density at radius 1 is 1.16 bits per heavy atom. The van der Waals surface area contributed by atoms with Crippen LogP contribution in [-0.2, 0) is 7.05 Å². The van der Waals surface area contributed by atoms with Crippen LogP contribution in [0, 0.1) is 0 Å². The van der Waals surface area contributed by atoms with Crippen LogP contribution >= 0.6 is 0 Å². The minimum Gasteiger partial charge on any atom is -0.497 e. The minimum absolute atomic E-state index is 0.159. The van der Waals surface area contributed by atoms with Crippen LogP contribution in [0.2, 0.25) is 0 Å². The molecule has 1 unspecified atom stereocenters. The molecule has 1 aliphatic heterocycles. The molecule has 7 nitrogen and oxygen atoms in total. The first-order chi connectivity index (χ1) is 12.0. The molecular weight excluding hydrogens is 322 g/mol. The highest BCUT2D eigenvalue weighted by molar-refractivity contribution is 5.92. The third kappa shape index (κ3) is 3.50. The number of methoxy groups -OCH3 is 2. The maximum Gasteiger partial charge on any atom is 0.274 e. The Kier molecular flexibility index (Phi) is 4.74. The standard InChI is InChI=1S/C18H21N3O4/c1-20-17(22)5-4-16(19-20)18(23)21-7-6-12(11-21)13-8-14(24-2)10-15(9-13)25-3/h4-5,8-10,12H,6-7,11H2,1-3H3. The zero-order chi connectivity index (χ0) is 18.0. The fraction of sp³-hybridized carbons (Fsp3) is 0.389. The summed E-state index contributed by atoms with van der Waals surface area (Å²) in [6.07, 6.45) is 0.855. The molecule has 1 saturated heterocycles. The van der Waals surface area contributed by atoms with Gasteiger partial charge in [-0.25, -0.2) is 4.68 Å². The average Bonchev–Trinajstić information content (AvgIpc) is 3.13. The summed E-state index contributed by atoms with van der Waals surface area (Å²) in [5.74, 6) is 1.52. The summed E-state index contributed by atoms with van der Waals surface area (Å²) in [6.45, 7) is 1.24. The lowest BCUT2D eigenvalue weighted by molar-refractivity contribution is 0.0782. The van der Waals surface area contributed by atoms with Gasteiger partial charge in [-0.05, 0) is 30.2 Å². The van der Waals surface area contributed by atoms with E-state index in [1.807, 2.05) is 18.2 Å². The Bertz CT molecular complexity index is 824. The number of carbonyl (C=O) groups excluding carboxylic acids is 1. The van der Waals surface area contributed by atoms with Gasteiger partial charge in [0.25, 0.3) is 11.5 Å². The van der Waals surface area contributed by atoms with Crippen molar-refractivity contribution in [2.75, 3.05) is 27.3 Å². The smallest absolute Gasteiger partial charge is 0.274 e. The molecule has 3 rings (SSSR count). The first-order valence-electron chi connectivity index (χ1n) is 8.08. The van der Waals surface area contributed by atoms with Crippen LogP contribution in [0.1, 0.15) is 28.4 Å². The SMILES string of the molecule is COc1cc(OC)cc(C2CCN(C(=O)c3ccc(=O)n(C)n3)C2)c1. The third-order valence-corrected chi connectivity index (χ3v) is 4.50. The molecule has 25 heavy (non-hydrogen) atoms. The zero-order valence-electron chi connectivity index (χ0n) is 14.6. The Labute approximate surface area is 145 Å². The van der Waals surface area contributed by atoms with Gasteiger partial charge in [-0.3, -0.25) is 9.59 Å². The Morgan fingerprint density at radius 3 is 2.44 bits per heavy atom. The third-order valence-electron chi connectivity index (χ3n) is 4.50. The van der Waals surface area contributed by atoms with Gasteiger partial charge in [-0.1, -0.05) is 0 Å². The molecule has 2 aromatic rings. The van der Waals surface area contributed by atoms with Gasteiger partial charge in [0.1, 0.15) is 17.2 Å². The molecule has 0 saturated carbocycles. The van der Waals surface area contributed by atoms with Gasteiger partial charge < -0.3 is 14.4 Å². The molecule has 132 valence electrons. The molecule has 1 fully saturated rings. The van der Waals surface area contributed by atoms with Crippen LogP contribution in [0.4, 0.5) is 0 Å². The Hall–Kier alpha value is -2.83. The largest absolute Gasteiger partial charge is 0.497 e. The highest BCUT2D eigenvalue weighted by Gasteiger charge is 2.29. The molecule has 1 aromatic heterocycles.